The van der Waals surface area contributed by atoms with E-state index in [4.69, 9.17) is 15.6 Å². The van der Waals surface area contributed by atoms with Gasteiger partial charge in [0.05, 0.1) is 12.8 Å². The average molecular weight is 326 g/mol. The van der Waals surface area contributed by atoms with Crippen LogP contribution in [0.4, 0.5) is 0 Å². The molecule has 128 valence electrons. The Labute approximate surface area is 143 Å². The van der Waals surface area contributed by atoms with Crippen molar-refractivity contribution < 1.29 is 4.74 Å². The van der Waals surface area contributed by atoms with E-state index in [0.717, 1.165) is 36.0 Å². The highest BCUT2D eigenvalue weighted by Gasteiger charge is 2.41. The van der Waals surface area contributed by atoms with Gasteiger partial charge in [-0.15, -0.1) is 0 Å². The van der Waals surface area contributed by atoms with Gasteiger partial charge in [0, 0.05) is 43.4 Å². The van der Waals surface area contributed by atoms with E-state index in [0.29, 0.717) is 12.0 Å². The molecule has 24 heavy (non-hydrogen) atoms. The smallest absolute Gasteiger partial charge is 0.128 e. The lowest BCUT2D eigenvalue weighted by atomic mass is 9.74. The molecule has 5 nitrogen and oxygen atoms in total. The molecule has 2 bridgehead atoms. The molecule has 3 aliphatic heterocycles. The van der Waals surface area contributed by atoms with Crippen LogP contribution in [0.5, 0.6) is 5.75 Å². The summed E-state index contributed by atoms with van der Waals surface area (Å²) in [6.07, 6.45) is 2.49. The van der Waals surface area contributed by atoms with Crippen molar-refractivity contribution >= 4 is 0 Å². The van der Waals surface area contributed by atoms with Crippen molar-refractivity contribution in [3.8, 4) is 17.0 Å². The molecule has 5 rings (SSSR count). The number of rotatable bonds is 4. The number of aryl methyl sites for hydroxylation is 1. The Hall–Kier alpha value is -1.85. The molecule has 0 aliphatic carbocycles. The maximum Gasteiger partial charge on any atom is 0.128 e. The molecular weight excluding hydrogens is 300 g/mol. The van der Waals surface area contributed by atoms with Gasteiger partial charge in [-0.05, 0) is 43.5 Å². The van der Waals surface area contributed by atoms with Crippen LogP contribution in [-0.2, 0) is 7.05 Å². The van der Waals surface area contributed by atoms with Crippen molar-refractivity contribution in [2.45, 2.75) is 24.8 Å². The SMILES string of the molecule is COc1ccccc1-c1cc([C@@H]2CN3CC[C@H]2C[C@@H]3CN)n(C)n1. The molecule has 0 spiro atoms. The summed E-state index contributed by atoms with van der Waals surface area (Å²) in [4.78, 5) is 2.57. The standard InChI is InChI=1S/C19H26N4O/c1-22-18(16-12-23-8-7-13(16)9-14(23)11-20)10-17(21-22)15-5-3-4-6-19(15)24-2/h3-6,10,13-14,16H,7-9,11-12,20H2,1-2H3/t13-,14+,16+/m0/s1. The topological polar surface area (TPSA) is 56.3 Å². The molecule has 1 aromatic carbocycles. The maximum absolute atomic E-state index is 5.94. The molecule has 3 saturated heterocycles. The second-order valence-corrected chi connectivity index (χ2v) is 7.05. The summed E-state index contributed by atoms with van der Waals surface area (Å²) in [6, 6.07) is 10.9. The number of nitrogens with two attached hydrogens (primary N) is 1. The Kier molecular flexibility index (Phi) is 4.06. The van der Waals surface area contributed by atoms with E-state index >= 15 is 0 Å². The van der Waals surface area contributed by atoms with Crippen LogP contribution in [0.25, 0.3) is 11.3 Å². The highest BCUT2D eigenvalue weighted by molar-refractivity contribution is 5.67. The van der Waals surface area contributed by atoms with Crippen molar-refractivity contribution in [2.24, 2.45) is 18.7 Å². The second-order valence-electron chi connectivity index (χ2n) is 7.05. The lowest BCUT2D eigenvalue weighted by Gasteiger charge is -2.49. The van der Waals surface area contributed by atoms with E-state index in [9.17, 15) is 0 Å². The molecule has 3 aliphatic rings. The number of methoxy groups -OCH3 is 1. The summed E-state index contributed by atoms with van der Waals surface area (Å²) >= 11 is 0. The van der Waals surface area contributed by atoms with Crippen molar-refractivity contribution in [1.29, 1.82) is 0 Å². The first kappa shape index (κ1) is 15.7. The molecular formula is C19H26N4O. The molecule has 2 N–H and O–H groups in total. The molecule has 3 fully saturated rings. The predicted molar refractivity (Wildman–Crippen MR) is 95.1 cm³/mol. The molecule has 5 heteroatoms. The summed E-state index contributed by atoms with van der Waals surface area (Å²) in [7, 11) is 3.77. The van der Waals surface area contributed by atoms with Crippen LogP contribution in [0, 0.1) is 5.92 Å². The van der Waals surface area contributed by atoms with Crippen molar-refractivity contribution in [2.75, 3.05) is 26.7 Å². The Balaban J connectivity index is 1.65. The molecule has 0 radical (unpaired) electrons. The van der Waals surface area contributed by atoms with Crippen LogP contribution in [0.1, 0.15) is 24.5 Å². The second kappa shape index (κ2) is 6.22. The number of benzene rings is 1. The van der Waals surface area contributed by atoms with Crippen molar-refractivity contribution in [3.63, 3.8) is 0 Å². The Bertz CT molecular complexity index is 726. The maximum atomic E-state index is 5.94. The fraction of sp³-hybridized carbons (Fsp3) is 0.526. The lowest BCUT2D eigenvalue weighted by Crippen LogP contribution is -2.55. The Morgan fingerprint density at radius 3 is 2.88 bits per heavy atom. The summed E-state index contributed by atoms with van der Waals surface area (Å²) in [6.45, 7) is 3.08. The van der Waals surface area contributed by atoms with Gasteiger partial charge in [-0.1, -0.05) is 12.1 Å². The number of nitrogens with zero attached hydrogens (tertiary/aromatic N) is 3. The van der Waals surface area contributed by atoms with Crippen LogP contribution < -0.4 is 10.5 Å². The number of aromatic nitrogens is 2. The minimum absolute atomic E-state index is 0.558. The molecule has 1 aromatic heterocycles. The van der Waals surface area contributed by atoms with Gasteiger partial charge in [-0.25, -0.2) is 0 Å². The number of hydrogen-bond acceptors (Lipinski definition) is 4. The first-order valence-corrected chi connectivity index (χ1v) is 8.82. The number of piperidine rings is 3. The normalized spacial score (nSPS) is 29.0. The van der Waals surface area contributed by atoms with Crippen molar-refractivity contribution in [1.82, 2.24) is 14.7 Å². The zero-order chi connectivity index (χ0) is 16.7. The van der Waals surface area contributed by atoms with Gasteiger partial charge >= 0.3 is 0 Å². The molecule has 4 heterocycles. The largest absolute Gasteiger partial charge is 0.496 e. The number of para-hydroxylation sites is 1. The number of ether oxygens (including phenoxy) is 1. The average Bonchev–Trinajstić information content (AvgIpc) is 3.03. The van der Waals surface area contributed by atoms with Gasteiger partial charge in [-0.2, -0.15) is 5.10 Å². The fourth-order valence-electron chi connectivity index (χ4n) is 4.54. The van der Waals surface area contributed by atoms with E-state index < -0.39 is 0 Å². The van der Waals surface area contributed by atoms with Gasteiger partial charge in [0.25, 0.3) is 0 Å². The third-order valence-electron chi connectivity index (χ3n) is 5.83. The van der Waals surface area contributed by atoms with Crippen LogP contribution in [0.2, 0.25) is 0 Å². The minimum Gasteiger partial charge on any atom is -0.496 e. The van der Waals surface area contributed by atoms with E-state index in [2.05, 4.69) is 28.8 Å². The fourth-order valence-corrected chi connectivity index (χ4v) is 4.54. The zero-order valence-electron chi connectivity index (χ0n) is 14.5. The van der Waals surface area contributed by atoms with E-state index in [1.807, 2.05) is 18.2 Å². The predicted octanol–water partition coefficient (Wildman–Crippen LogP) is 2.23. The molecule has 1 unspecified atom stereocenters. The third-order valence-corrected chi connectivity index (χ3v) is 5.83. The first-order chi connectivity index (χ1) is 11.7. The van der Waals surface area contributed by atoms with Crippen LogP contribution in [-0.4, -0.2) is 47.5 Å². The molecule has 2 aromatic rings. The molecule has 0 amide bonds. The quantitative estimate of drug-likeness (QED) is 0.936. The van der Waals surface area contributed by atoms with Crippen LogP contribution in [0.3, 0.4) is 0 Å². The monoisotopic (exact) mass is 326 g/mol. The summed E-state index contributed by atoms with van der Waals surface area (Å²) in [5.41, 5.74) is 9.33. The van der Waals surface area contributed by atoms with Gasteiger partial charge in [0.1, 0.15) is 5.75 Å². The van der Waals surface area contributed by atoms with Crippen molar-refractivity contribution in [3.05, 3.63) is 36.0 Å². The highest BCUT2D eigenvalue weighted by Crippen LogP contribution is 2.42. The Morgan fingerprint density at radius 1 is 1.33 bits per heavy atom. The van der Waals surface area contributed by atoms with E-state index in [-0.39, 0.29) is 0 Å². The zero-order valence-corrected chi connectivity index (χ0v) is 14.5. The van der Waals surface area contributed by atoms with Gasteiger partial charge in [0.2, 0.25) is 0 Å². The molecule has 0 saturated carbocycles. The number of fused-ring (bicyclic) bond motifs is 3. The molecule has 4 atom stereocenters. The summed E-state index contributed by atoms with van der Waals surface area (Å²) in [5, 5.41) is 4.78. The minimum atomic E-state index is 0.558. The Morgan fingerprint density at radius 2 is 2.17 bits per heavy atom. The first-order valence-electron chi connectivity index (χ1n) is 8.82. The van der Waals surface area contributed by atoms with E-state index in [1.54, 1.807) is 7.11 Å². The summed E-state index contributed by atoms with van der Waals surface area (Å²) in [5.74, 6) is 2.16. The lowest BCUT2D eigenvalue weighted by molar-refractivity contribution is 0.0322. The third kappa shape index (κ3) is 2.52. The van der Waals surface area contributed by atoms with Gasteiger partial charge < -0.3 is 10.5 Å². The highest BCUT2D eigenvalue weighted by atomic mass is 16.5. The van der Waals surface area contributed by atoms with Crippen LogP contribution in [0.15, 0.2) is 30.3 Å². The van der Waals surface area contributed by atoms with E-state index in [1.165, 1.54) is 25.1 Å². The summed E-state index contributed by atoms with van der Waals surface area (Å²) < 4.78 is 7.56. The van der Waals surface area contributed by atoms with Crippen LogP contribution >= 0.6 is 0 Å². The van der Waals surface area contributed by atoms with Gasteiger partial charge in [-0.3, -0.25) is 9.58 Å². The van der Waals surface area contributed by atoms with Gasteiger partial charge in [0.15, 0.2) is 0 Å². The number of hydrogen-bond donors (Lipinski definition) is 1.